The van der Waals surface area contributed by atoms with Crippen LogP contribution in [0.4, 0.5) is 5.69 Å². The highest BCUT2D eigenvalue weighted by atomic mass is 35.5. The number of hydrogen-bond acceptors (Lipinski definition) is 2. The zero-order valence-electron chi connectivity index (χ0n) is 13.3. The largest absolute Gasteiger partial charge is 0.488 e. The van der Waals surface area contributed by atoms with E-state index in [0.717, 1.165) is 22.6 Å². The van der Waals surface area contributed by atoms with Crippen LogP contribution in [-0.2, 0) is 13.2 Å². The Kier molecular flexibility index (Phi) is 6.09. The van der Waals surface area contributed by atoms with Crippen molar-refractivity contribution in [1.29, 1.82) is 0 Å². The van der Waals surface area contributed by atoms with Crippen molar-refractivity contribution in [2.45, 2.75) is 13.2 Å². The summed E-state index contributed by atoms with van der Waals surface area (Å²) in [4.78, 5) is 0. The number of nitrogens with one attached hydrogen (secondary N) is 1. The average molecular weight is 393 g/mol. The Hall–Kier alpha value is -1.87. The summed E-state index contributed by atoms with van der Waals surface area (Å²) >= 11 is 18.3. The van der Waals surface area contributed by atoms with Crippen molar-refractivity contribution < 1.29 is 4.74 Å². The minimum absolute atomic E-state index is 0.416. The van der Waals surface area contributed by atoms with Gasteiger partial charge in [0.2, 0.25) is 0 Å². The summed E-state index contributed by atoms with van der Waals surface area (Å²) in [5.41, 5.74) is 2.85. The van der Waals surface area contributed by atoms with Gasteiger partial charge in [0, 0.05) is 38.4 Å². The summed E-state index contributed by atoms with van der Waals surface area (Å²) < 4.78 is 5.96. The highest BCUT2D eigenvalue weighted by Gasteiger charge is 2.06. The zero-order chi connectivity index (χ0) is 17.6. The molecule has 2 nitrogen and oxygen atoms in total. The molecule has 5 heteroatoms. The Labute approximate surface area is 162 Å². The Morgan fingerprint density at radius 2 is 1.40 bits per heavy atom. The number of halogens is 3. The lowest BCUT2D eigenvalue weighted by Crippen LogP contribution is -2.04. The number of benzene rings is 3. The molecule has 3 rings (SSSR count). The van der Waals surface area contributed by atoms with E-state index in [1.54, 1.807) is 6.07 Å². The molecular formula is C20H16Cl3NO. The van der Waals surface area contributed by atoms with Crippen LogP contribution in [0.2, 0.25) is 15.1 Å². The van der Waals surface area contributed by atoms with Crippen LogP contribution in [0.5, 0.6) is 5.75 Å². The van der Waals surface area contributed by atoms with Crippen LogP contribution in [0, 0.1) is 0 Å². The number of rotatable bonds is 6. The van der Waals surface area contributed by atoms with Gasteiger partial charge in [-0.3, -0.25) is 0 Å². The van der Waals surface area contributed by atoms with Gasteiger partial charge in [0.25, 0.3) is 0 Å². The van der Waals surface area contributed by atoms with Crippen LogP contribution >= 0.6 is 34.8 Å². The molecule has 0 amide bonds. The number of para-hydroxylation sites is 1. The minimum atomic E-state index is 0.416. The lowest BCUT2D eigenvalue weighted by molar-refractivity contribution is 0.303. The Balaban J connectivity index is 1.69. The van der Waals surface area contributed by atoms with Crippen molar-refractivity contribution in [2.75, 3.05) is 5.32 Å². The lowest BCUT2D eigenvalue weighted by Gasteiger charge is -2.14. The van der Waals surface area contributed by atoms with Gasteiger partial charge in [-0.05, 0) is 30.3 Å². The fourth-order valence-corrected chi connectivity index (χ4v) is 3.13. The van der Waals surface area contributed by atoms with Crippen LogP contribution < -0.4 is 10.1 Å². The van der Waals surface area contributed by atoms with E-state index in [0.29, 0.717) is 28.2 Å². The monoisotopic (exact) mass is 391 g/mol. The minimum Gasteiger partial charge on any atom is -0.488 e. The third-order valence-electron chi connectivity index (χ3n) is 3.66. The van der Waals surface area contributed by atoms with Gasteiger partial charge < -0.3 is 10.1 Å². The zero-order valence-corrected chi connectivity index (χ0v) is 15.6. The van der Waals surface area contributed by atoms with E-state index in [4.69, 9.17) is 39.5 Å². The van der Waals surface area contributed by atoms with Crippen molar-refractivity contribution in [2.24, 2.45) is 0 Å². The van der Waals surface area contributed by atoms with Gasteiger partial charge in [-0.25, -0.2) is 0 Å². The normalized spacial score (nSPS) is 10.5. The number of hydrogen-bond donors (Lipinski definition) is 1. The molecule has 3 aromatic rings. The van der Waals surface area contributed by atoms with E-state index in [9.17, 15) is 0 Å². The first-order valence-corrected chi connectivity index (χ1v) is 8.89. The maximum Gasteiger partial charge on any atom is 0.124 e. The van der Waals surface area contributed by atoms with Gasteiger partial charge in [-0.15, -0.1) is 0 Å². The molecule has 0 aliphatic rings. The van der Waals surface area contributed by atoms with Crippen LogP contribution in [-0.4, -0.2) is 0 Å². The van der Waals surface area contributed by atoms with Crippen molar-refractivity contribution in [3.63, 3.8) is 0 Å². The molecule has 0 saturated heterocycles. The summed E-state index contributed by atoms with van der Waals surface area (Å²) in [6.07, 6.45) is 0. The second-order valence-corrected chi connectivity index (χ2v) is 6.78. The summed E-state index contributed by atoms with van der Waals surface area (Å²) in [6.45, 7) is 1.01. The topological polar surface area (TPSA) is 21.3 Å². The van der Waals surface area contributed by atoms with Crippen LogP contribution in [0.25, 0.3) is 0 Å². The van der Waals surface area contributed by atoms with Gasteiger partial charge >= 0.3 is 0 Å². The van der Waals surface area contributed by atoms with Gasteiger partial charge in [0.1, 0.15) is 12.4 Å². The molecule has 0 radical (unpaired) electrons. The Bertz CT molecular complexity index is 847. The standard InChI is InChI=1S/C20H16Cl3NO/c21-16-9-17(22)11-18(10-16)24-12-14-5-2-4-8-20(14)25-13-15-6-1-3-7-19(15)23/h1-11,24H,12-13H2. The molecule has 0 heterocycles. The predicted molar refractivity (Wildman–Crippen MR) is 106 cm³/mol. The van der Waals surface area contributed by atoms with E-state index < -0.39 is 0 Å². The lowest BCUT2D eigenvalue weighted by atomic mass is 10.2. The molecule has 0 aromatic heterocycles. The first-order valence-electron chi connectivity index (χ1n) is 7.76. The second-order valence-electron chi connectivity index (χ2n) is 5.50. The van der Waals surface area contributed by atoms with Gasteiger partial charge in [0.05, 0.1) is 0 Å². The molecule has 1 N–H and O–H groups in total. The fraction of sp³-hybridized carbons (Fsp3) is 0.100. The maximum atomic E-state index is 6.18. The molecular weight excluding hydrogens is 377 g/mol. The molecule has 0 aliphatic carbocycles. The van der Waals surface area contributed by atoms with Gasteiger partial charge in [-0.2, -0.15) is 0 Å². The molecule has 0 bridgehead atoms. The third-order valence-corrected chi connectivity index (χ3v) is 4.46. The number of anilines is 1. The van der Waals surface area contributed by atoms with Gasteiger partial charge in [-0.1, -0.05) is 71.2 Å². The van der Waals surface area contributed by atoms with Crippen molar-refractivity contribution in [3.8, 4) is 5.75 Å². The summed E-state index contributed by atoms with van der Waals surface area (Å²) in [7, 11) is 0. The van der Waals surface area contributed by atoms with Crippen LogP contribution in [0.15, 0.2) is 66.7 Å². The molecule has 0 fully saturated rings. The molecule has 0 spiro atoms. The van der Waals surface area contributed by atoms with Crippen LogP contribution in [0.3, 0.4) is 0 Å². The van der Waals surface area contributed by atoms with Crippen molar-refractivity contribution in [3.05, 3.63) is 92.9 Å². The molecule has 25 heavy (non-hydrogen) atoms. The Morgan fingerprint density at radius 3 is 2.12 bits per heavy atom. The first kappa shape index (κ1) is 17.9. The highest BCUT2D eigenvalue weighted by molar-refractivity contribution is 6.35. The highest BCUT2D eigenvalue weighted by Crippen LogP contribution is 2.25. The summed E-state index contributed by atoms with van der Waals surface area (Å²) in [5.74, 6) is 0.808. The van der Waals surface area contributed by atoms with Crippen molar-refractivity contribution in [1.82, 2.24) is 0 Å². The van der Waals surface area contributed by atoms with Gasteiger partial charge in [0.15, 0.2) is 0 Å². The van der Waals surface area contributed by atoms with E-state index >= 15 is 0 Å². The SMILES string of the molecule is Clc1cc(Cl)cc(NCc2ccccc2OCc2ccccc2Cl)c1. The van der Waals surface area contributed by atoms with E-state index in [-0.39, 0.29) is 0 Å². The third kappa shape index (κ3) is 5.05. The quantitative estimate of drug-likeness (QED) is 0.496. The molecule has 0 saturated carbocycles. The molecule has 3 aromatic carbocycles. The smallest absolute Gasteiger partial charge is 0.124 e. The molecule has 0 atom stereocenters. The van der Waals surface area contributed by atoms with Crippen molar-refractivity contribution >= 4 is 40.5 Å². The summed E-state index contributed by atoms with van der Waals surface area (Å²) in [5, 5.41) is 5.21. The molecule has 0 aliphatic heterocycles. The maximum absolute atomic E-state index is 6.18. The first-order chi connectivity index (χ1) is 12.1. The fourth-order valence-electron chi connectivity index (χ4n) is 2.41. The Morgan fingerprint density at radius 1 is 0.760 bits per heavy atom. The molecule has 128 valence electrons. The number of ether oxygens (including phenoxy) is 1. The predicted octanol–water partition coefficient (Wildman–Crippen LogP) is 6.84. The van der Waals surface area contributed by atoms with Crippen LogP contribution in [0.1, 0.15) is 11.1 Å². The second kappa shape index (κ2) is 8.48. The van der Waals surface area contributed by atoms with E-state index in [1.807, 2.05) is 60.7 Å². The molecule has 0 unspecified atom stereocenters. The average Bonchev–Trinajstić information content (AvgIpc) is 2.59. The van der Waals surface area contributed by atoms with E-state index in [2.05, 4.69) is 5.32 Å². The summed E-state index contributed by atoms with van der Waals surface area (Å²) in [6, 6.07) is 20.9. The van der Waals surface area contributed by atoms with E-state index in [1.165, 1.54) is 0 Å².